The number of aromatic amines is 1. The van der Waals surface area contributed by atoms with Crippen LogP contribution < -0.4 is 16.0 Å². The minimum absolute atomic E-state index is 0.0980. The maximum Gasteiger partial charge on any atom is 0.315 e. The van der Waals surface area contributed by atoms with Crippen molar-refractivity contribution in [2.24, 2.45) is 0 Å². The van der Waals surface area contributed by atoms with Crippen LogP contribution in [-0.2, 0) is 17.9 Å². The number of carbonyl (C=O) groups excluding carboxylic acids is 2. The van der Waals surface area contributed by atoms with E-state index in [2.05, 4.69) is 20.9 Å². The highest BCUT2D eigenvalue weighted by Gasteiger charge is 2.06. The van der Waals surface area contributed by atoms with Crippen LogP contribution in [0.5, 0.6) is 0 Å². The molecule has 3 aromatic rings. The molecule has 7 nitrogen and oxygen atoms in total. The number of urea groups is 1. The molecule has 3 amide bonds. The quantitative estimate of drug-likeness (QED) is 0.556. The van der Waals surface area contributed by atoms with Gasteiger partial charge in [-0.05, 0) is 29.7 Å². The molecule has 24 heavy (non-hydrogen) atoms. The van der Waals surface area contributed by atoms with E-state index in [9.17, 15) is 9.59 Å². The Kier molecular flexibility index (Phi) is 4.81. The van der Waals surface area contributed by atoms with Crippen LogP contribution in [0.3, 0.4) is 0 Å². The molecule has 0 bridgehead atoms. The maximum atomic E-state index is 11.7. The molecule has 2 heterocycles. The molecule has 1 aromatic carbocycles. The predicted molar refractivity (Wildman–Crippen MR) is 89.1 cm³/mol. The highest BCUT2D eigenvalue weighted by Crippen LogP contribution is 2.14. The van der Waals surface area contributed by atoms with Crippen molar-refractivity contribution in [1.82, 2.24) is 20.9 Å². The molecule has 0 aliphatic rings. The lowest BCUT2D eigenvalue weighted by atomic mass is 10.2. The third-order valence-corrected chi connectivity index (χ3v) is 3.47. The van der Waals surface area contributed by atoms with E-state index in [0.29, 0.717) is 18.8 Å². The topological polar surface area (TPSA) is 99.2 Å². The SMILES string of the molecule is O=C(CNC(=O)NCc1cc2ccccc2[nH]1)NCc1ccco1. The Morgan fingerprint density at radius 1 is 1.00 bits per heavy atom. The molecule has 0 atom stereocenters. The minimum Gasteiger partial charge on any atom is -0.467 e. The van der Waals surface area contributed by atoms with Crippen LogP contribution in [0.15, 0.2) is 53.1 Å². The van der Waals surface area contributed by atoms with Gasteiger partial charge in [0.15, 0.2) is 0 Å². The van der Waals surface area contributed by atoms with Gasteiger partial charge >= 0.3 is 6.03 Å². The zero-order chi connectivity index (χ0) is 16.8. The van der Waals surface area contributed by atoms with Crippen LogP contribution in [0.25, 0.3) is 10.9 Å². The van der Waals surface area contributed by atoms with Crippen LogP contribution in [0.1, 0.15) is 11.5 Å². The molecule has 0 aliphatic heterocycles. The maximum absolute atomic E-state index is 11.7. The lowest BCUT2D eigenvalue weighted by molar-refractivity contribution is -0.120. The van der Waals surface area contributed by atoms with Crippen molar-refractivity contribution in [3.05, 3.63) is 60.2 Å². The highest BCUT2D eigenvalue weighted by atomic mass is 16.3. The Morgan fingerprint density at radius 3 is 2.67 bits per heavy atom. The Balaban J connectivity index is 1.38. The number of aromatic nitrogens is 1. The fourth-order valence-corrected chi connectivity index (χ4v) is 2.29. The van der Waals surface area contributed by atoms with E-state index in [-0.39, 0.29) is 12.5 Å². The van der Waals surface area contributed by atoms with E-state index in [1.54, 1.807) is 12.1 Å². The van der Waals surface area contributed by atoms with E-state index < -0.39 is 6.03 Å². The number of nitrogens with one attached hydrogen (secondary N) is 4. The average molecular weight is 326 g/mol. The monoisotopic (exact) mass is 326 g/mol. The van der Waals surface area contributed by atoms with Gasteiger partial charge in [-0.15, -0.1) is 0 Å². The summed E-state index contributed by atoms with van der Waals surface area (Å²) in [5, 5.41) is 8.96. The first-order chi connectivity index (χ1) is 11.7. The fraction of sp³-hybridized carbons (Fsp3) is 0.176. The van der Waals surface area contributed by atoms with Crippen LogP contribution in [0.2, 0.25) is 0 Å². The summed E-state index contributed by atoms with van der Waals surface area (Å²) in [6, 6.07) is 13.0. The molecule has 0 spiro atoms. The molecule has 0 saturated heterocycles. The molecule has 124 valence electrons. The Hall–Kier alpha value is -3.22. The van der Waals surface area contributed by atoms with E-state index in [4.69, 9.17) is 4.42 Å². The summed E-state index contributed by atoms with van der Waals surface area (Å²) in [4.78, 5) is 26.6. The molecule has 3 rings (SSSR count). The first-order valence-electron chi connectivity index (χ1n) is 7.58. The Morgan fingerprint density at radius 2 is 1.88 bits per heavy atom. The smallest absolute Gasteiger partial charge is 0.315 e. The Labute approximate surface area is 138 Å². The molecular weight excluding hydrogens is 308 g/mol. The third kappa shape index (κ3) is 4.16. The molecule has 0 radical (unpaired) electrons. The summed E-state index contributed by atoms with van der Waals surface area (Å²) < 4.78 is 5.10. The van der Waals surface area contributed by atoms with Crippen molar-refractivity contribution < 1.29 is 14.0 Å². The molecular formula is C17H18N4O3. The number of para-hydroxylation sites is 1. The molecule has 4 N–H and O–H groups in total. The highest BCUT2D eigenvalue weighted by molar-refractivity contribution is 5.84. The summed E-state index contributed by atoms with van der Waals surface area (Å²) >= 11 is 0. The van der Waals surface area contributed by atoms with Crippen molar-refractivity contribution in [2.75, 3.05) is 6.54 Å². The summed E-state index contributed by atoms with van der Waals surface area (Å²) in [5.41, 5.74) is 1.92. The van der Waals surface area contributed by atoms with E-state index in [0.717, 1.165) is 16.6 Å². The molecule has 0 unspecified atom stereocenters. The second-order valence-corrected chi connectivity index (χ2v) is 5.27. The van der Waals surface area contributed by atoms with E-state index in [1.807, 2.05) is 30.3 Å². The Bertz CT molecular complexity index is 790. The standard InChI is InChI=1S/C17H18N4O3/c22-16(18-10-14-5-3-7-24-14)11-20-17(23)19-9-13-8-12-4-1-2-6-15(12)21-13/h1-8,21H,9-11H2,(H,18,22)(H2,19,20,23). The van der Waals surface area contributed by atoms with E-state index >= 15 is 0 Å². The number of fused-ring (bicyclic) bond motifs is 1. The average Bonchev–Trinajstić information content (AvgIpc) is 3.25. The summed E-state index contributed by atoms with van der Waals surface area (Å²) in [6.07, 6.45) is 1.54. The van der Waals surface area contributed by atoms with Crippen LogP contribution in [0, 0.1) is 0 Å². The number of carbonyl (C=O) groups is 2. The number of furan rings is 1. The van der Waals surface area contributed by atoms with Gasteiger partial charge in [0, 0.05) is 11.2 Å². The van der Waals surface area contributed by atoms with E-state index in [1.165, 1.54) is 6.26 Å². The van der Waals surface area contributed by atoms with Crippen LogP contribution in [-0.4, -0.2) is 23.5 Å². The lowest BCUT2D eigenvalue weighted by Gasteiger charge is -2.07. The predicted octanol–water partition coefficient (Wildman–Crippen LogP) is 1.88. The van der Waals surface area contributed by atoms with Crippen molar-refractivity contribution in [1.29, 1.82) is 0 Å². The second-order valence-electron chi connectivity index (χ2n) is 5.27. The normalized spacial score (nSPS) is 10.5. The number of benzene rings is 1. The largest absolute Gasteiger partial charge is 0.467 e. The molecule has 0 fully saturated rings. The second kappa shape index (κ2) is 7.36. The molecule has 7 heteroatoms. The first kappa shape index (κ1) is 15.7. The van der Waals surface area contributed by atoms with Gasteiger partial charge in [-0.2, -0.15) is 0 Å². The number of amides is 3. The molecule has 0 aliphatic carbocycles. The minimum atomic E-state index is -0.401. The van der Waals surface area contributed by atoms with Gasteiger partial charge in [-0.1, -0.05) is 18.2 Å². The van der Waals surface area contributed by atoms with Crippen molar-refractivity contribution >= 4 is 22.8 Å². The summed E-state index contributed by atoms with van der Waals surface area (Å²) in [5.74, 6) is 0.374. The van der Waals surface area contributed by atoms with Crippen LogP contribution >= 0.6 is 0 Å². The summed E-state index contributed by atoms with van der Waals surface area (Å²) in [6.45, 7) is 0.554. The number of H-pyrrole nitrogens is 1. The summed E-state index contributed by atoms with van der Waals surface area (Å²) in [7, 11) is 0. The van der Waals surface area contributed by atoms with Crippen molar-refractivity contribution in [3.63, 3.8) is 0 Å². The van der Waals surface area contributed by atoms with Gasteiger partial charge in [-0.25, -0.2) is 4.79 Å². The third-order valence-electron chi connectivity index (χ3n) is 3.47. The van der Waals surface area contributed by atoms with Crippen LogP contribution in [0.4, 0.5) is 4.79 Å². The van der Waals surface area contributed by atoms with Crippen molar-refractivity contribution in [2.45, 2.75) is 13.1 Å². The van der Waals surface area contributed by atoms with Gasteiger partial charge in [0.1, 0.15) is 5.76 Å². The van der Waals surface area contributed by atoms with Gasteiger partial charge in [0.05, 0.1) is 25.9 Å². The number of rotatable bonds is 6. The van der Waals surface area contributed by atoms with Gasteiger partial charge in [0.25, 0.3) is 0 Å². The molecule has 0 saturated carbocycles. The molecule has 2 aromatic heterocycles. The van der Waals surface area contributed by atoms with Gasteiger partial charge < -0.3 is 25.4 Å². The van der Waals surface area contributed by atoms with Gasteiger partial charge in [0.2, 0.25) is 5.91 Å². The fourth-order valence-electron chi connectivity index (χ4n) is 2.29. The number of hydrogen-bond donors (Lipinski definition) is 4. The lowest BCUT2D eigenvalue weighted by Crippen LogP contribution is -2.41. The first-order valence-corrected chi connectivity index (χ1v) is 7.58. The zero-order valence-electron chi connectivity index (χ0n) is 13.0. The number of hydrogen-bond acceptors (Lipinski definition) is 3. The zero-order valence-corrected chi connectivity index (χ0v) is 13.0. The van der Waals surface area contributed by atoms with Crippen molar-refractivity contribution in [3.8, 4) is 0 Å². The van der Waals surface area contributed by atoms with Gasteiger partial charge in [-0.3, -0.25) is 4.79 Å².